The van der Waals surface area contributed by atoms with Crippen molar-refractivity contribution in [3.63, 3.8) is 0 Å². The molecule has 0 aliphatic heterocycles. The zero-order valence-corrected chi connectivity index (χ0v) is 20.0. The molecule has 1 aromatic heterocycles. The Kier molecular flexibility index (Phi) is 7.38. The average Bonchev–Trinajstić information content (AvgIpc) is 3.04. The number of halogens is 4. The molecule has 0 spiro atoms. The maximum atomic E-state index is 12.6. The molecule has 2 aromatic rings. The van der Waals surface area contributed by atoms with E-state index in [1.807, 2.05) is 0 Å². The highest BCUT2D eigenvalue weighted by molar-refractivity contribution is 9.10. The van der Waals surface area contributed by atoms with E-state index in [9.17, 15) is 9.59 Å². The van der Waals surface area contributed by atoms with Gasteiger partial charge in [0.25, 0.3) is 5.91 Å². The number of fused-ring (bicyclic) bond motifs is 1. The van der Waals surface area contributed by atoms with E-state index < -0.39 is 21.8 Å². The highest BCUT2D eigenvalue weighted by Crippen LogP contribution is 2.40. The van der Waals surface area contributed by atoms with E-state index in [4.69, 9.17) is 39.5 Å². The maximum absolute atomic E-state index is 12.6. The summed E-state index contributed by atoms with van der Waals surface area (Å²) in [5.74, 6) is -0.864. The number of amides is 1. The minimum absolute atomic E-state index is 0.410. The highest BCUT2D eigenvalue weighted by atomic mass is 79.9. The first-order valence-corrected chi connectivity index (χ1v) is 11.6. The Morgan fingerprint density at radius 2 is 1.83 bits per heavy atom. The SMILES string of the molecule is COC(=O)c1c(N[C@@H](NC(=O)c2ccc(Br)cc2)C(Cl)(Cl)Cl)sc2c1CCCC2. The van der Waals surface area contributed by atoms with Gasteiger partial charge in [-0.3, -0.25) is 4.79 Å². The van der Waals surface area contributed by atoms with Crippen molar-refractivity contribution in [3.05, 3.63) is 50.3 Å². The van der Waals surface area contributed by atoms with Gasteiger partial charge in [-0.2, -0.15) is 0 Å². The molecule has 0 bridgehead atoms. The molecule has 156 valence electrons. The zero-order valence-electron chi connectivity index (χ0n) is 15.4. The third-order valence-electron chi connectivity index (χ3n) is 4.55. The number of benzene rings is 1. The van der Waals surface area contributed by atoms with Crippen molar-refractivity contribution in [1.29, 1.82) is 0 Å². The molecule has 1 amide bonds. The van der Waals surface area contributed by atoms with Crippen LogP contribution in [0.2, 0.25) is 0 Å². The molecule has 1 aromatic carbocycles. The summed E-state index contributed by atoms with van der Waals surface area (Å²) in [6.07, 6.45) is 2.67. The van der Waals surface area contributed by atoms with Gasteiger partial charge < -0.3 is 15.4 Å². The second-order valence-corrected chi connectivity index (χ2v) is 10.9. The Morgan fingerprint density at radius 1 is 1.17 bits per heavy atom. The summed E-state index contributed by atoms with van der Waals surface area (Å²) in [4.78, 5) is 26.2. The predicted molar refractivity (Wildman–Crippen MR) is 122 cm³/mol. The number of carbonyl (C=O) groups excluding carboxylic acids is 2. The van der Waals surface area contributed by atoms with Crippen LogP contribution in [0, 0.1) is 0 Å². The number of hydrogen-bond acceptors (Lipinski definition) is 5. The fourth-order valence-electron chi connectivity index (χ4n) is 3.13. The van der Waals surface area contributed by atoms with Gasteiger partial charge >= 0.3 is 5.97 Å². The Bertz CT molecular complexity index is 913. The molecule has 0 saturated carbocycles. The summed E-state index contributed by atoms with van der Waals surface area (Å²) in [7, 11) is 1.33. The summed E-state index contributed by atoms with van der Waals surface area (Å²) in [6.45, 7) is 0. The number of carbonyl (C=O) groups is 2. The van der Waals surface area contributed by atoms with Gasteiger partial charge in [0.2, 0.25) is 3.79 Å². The number of esters is 1. The smallest absolute Gasteiger partial charge is 0.341 e. The van der Waals surface area contributed by atoms with Gasteiger partial charge in [0.05, 0.1) is 12.7 Å². The van der Waals surface area contributed by atoms with Gasteiger partial charge in [-0.05, 0) is 55.5 Å². The van der Waals surface area contributed by atoms with Gasteiger partial charge in [-0.15, -0.1) is 11.3 Å². The summed E-state index contributed by atoms with van der Waals surface area (Å²) >= 11 is 23.2. The monoisotopic (exact) mass is 538 g/mol. The van der Waals surface area contributed by atoms with Crippen LogP contribution in [-0.2, 0) is 17.6 Å². The normalized spacial score (nSPS) is 14.7. The van der Waals surface area contributed by atoms with Crippen molar-refractivity contribution in [2.24, 2.45) is 0 Å². The summed E-state index contributed by atoms with van der Waals surface area (Å²) in [5, 5.41) is 6.28. The number of thiophene rings is 1. The van der Waals surface area contributed by atoms with Crippen LogP contribution in [0.1, 0.15) is 44.0 Å². The van der Waals surface area contributed by atoms with Crippen molar-refractivity contribution in [3.8, 4) is 0 Å². The molecule has 2 N–H and O–H groups in total. The van der Waals surface area contributed by atoms with Gasteiger partial charge in [-0.1, -0.05) is 50.7 Å². The number of alkyl halides is 3. The van der Waals surface area contributed by atoms with Crippen molar-refractivity contribution in [2.45, 2.75) is 35.6 Å². The van der Waals surface area contributed by atoms with Crippen LogP contribution < -0.4 is 10.6 Å². The van der Waals surface area contributed by atoms with E-state index in [1.54, 1.807) is 24.3 Å². The third-order valence-corrected chi connectivity index (χ3v) is 6.95. The Hall–Kier alpha value is -0.990. The fraction of sp³-hybridized carbons (Fsp3) is 0.368. The van der Waals surface area contributed by atoms with Crippen LogP contribution in [-0.4, -0.2) is 28.9 Å². The Labute approximate surface area is 196 Å². The molecule has 29 heavy (non-hydrogen) atoms. The second-order valence-electron chi connectivity index (χ2n) is 6.51. The number of methoxy groups -OCH3 is 1. The largest absolute Gasteiger partial charge is 0.465 e. The summed E-state index contributed by atoms with van der Waals surface area (Å²) in [5.41, 5.74) is 1.83. The van der Waals surface area contributed by atoms with Crippen molar-refractivity contribution in [2.75, 3.05) is 12.4 Å². The molecular formula is C19H18BrCl3N2O3S. The van der Waals surface area contributed by atoms with Gasteiger partial charge in [0, 0.05) is 14.9 Å². The number of ether oxygens (including phenoxy) is 1. The molecule has 10 heteroatoms. The molecule has 0 saturated heterocycles. The van der Waals surface area contributed by atoms with Crippen LogP contribution >= 0.6 is 62.1 Å². The number of rotatable bonds is 5. The summed E-state index contributed by atoms with van der Waals surface area (Å²) < 4.78 is 3.95. The summed E-state index contributed by atoms with van der Waals surface area (Å²) in [6, 6.07) is 6.79. The van der Waals surface area contributed by atoms with E-state index in [2.05, 4.69) is 26.6 Å². The molecule has 5 nitrogen and oxygen atoms in total. The third kappa shape index (κ3) is 5.39. The lowest BCUT2D eigenvalue weighted by Gasteiger charge is -2.27. The topological polar surface area (TPSA) is 67.4 Å². The maximum Gasteiger partial charge on any atom is 0.341 e. The molecule has 1 heterocycles. The van der Waals surface area contributed by atoms with E-state index in [0.29, 0.717) is 16.1 Å². The van der Waals surface area contributed by atoms with E-state index in [0.717, 1.165) is 40.6 Å². The second kappa shape index (κ2) is 9.43. The Balaban J connectivity index is 1.89. The van der Waals surface area contributed by atoms with Crippen LogP contribution in [0.15, 0.2) is 28.7 Å². The minimum Gasteiger partial charge on any atom is -0.465 e. The molecule has 3 rings (SSSR count). The molecule has 1 atom stereocenters. The number of nitrogens with one attached hydrogen (secondary N) is 2. The highest BCUT2D eigenvalue weighted by Gasteiger charge is 2.36. The number of anilines is 1. The lowest BCUT2D eigenvalue weighted by Crippen LogP contribution is -2.49. The first-order valence-electron chi connectivity index (χ1n) is 8.83. The quantitative estimate of drug-likeness (QED) is 0.290. The molecule has 0 radical (unpaired) electrons. The van der Waals surface area contributed by atoms with Crippen molar-refractivity contribution >= 4 is 78.9 Å². The molecule has 1 aliphatic rings. The number of aryl methyl sites for hydroxylation is 1. The first-order chi connectivity index (χ1) is 13.7. The lowest BCUT2D eigenvalue weighted by molar-refractivity contribution is 0.0600. The minimum atomic E-state index is -1.86. The Morgan fingerprint density at radius 3 is 2.45 bits per heavy atom. The fourth-order valence-corrected chi connectivity index (χ4v) is 5.03. The molecular weight excluding hydrogens is 523 g/mol. The molecule has 0 unspecified atom stereocenters. The first kappa shape index (κ1) is 22.7. The van der Waals surface area contributed by atoms with Crippen LogP contribution in [0.25, 0.3) is 0 Å². The predicted octanol–water partition coefficient (Wildman–Crippen LogP) is 5.71. The van der Waals surface area contributed by atoms with Gasteiger partial charge in [0.1, 0.15) is 11.2 Å². The van der Waals surface area contributed by atoms with Crippen molar-refractivity contribution < 1.29 is 14.3 Å². The average molecular weight is 541 g/mol. The molecule has 0 fully saturated rings. The molecule has 1 aliphatic carbocycles. The van der Waals surface area contributed by atoms with E-state index in [1.165, 1.54) is 18.4 Å². The lowest BCUT2D eigenvalue weighted by atomic mass is 9.95. The van der Waals surface area contributed by atoms with Crippen LogP contribution in [0.4, 0.5) is 5.00 Å². The zero-order chi connectivity index (χ0) is 21.2. The number of hydrogen-bond donors (Lipinski definition) is 2. The van der Waals surface area contributed by atoms with E-state index >= 15 is 0 Å². The van der Waals surface area contributed by atoms with Crippen LogP contribution in [0.5, 0.6) is 0 Å². The van der Waals surface area contributed by atoms with E-state index in [-0.39, 0.29) is 0 Å². The van der Waals surface area contributed by atoms with Crippen molar-refractivity contribution in [1.82, 2.24) is 5.32 Å². The van der Waals surface area contributed by atoms with Crippen LogP contribution in [0.3, 0.4) is 0 Å². The van der Waals surface area contributed by atoms with Gasteiger partial charge in [-0.25, -0.2) is 4.79 Å². The standard InChI is InChI=1S/C19H18BrCl3N2O3S/c1-28-17(27)14-12-4-2-3-5-13(12)29-16(14)25-18(19(21,22)23)24-15(26)10-6-8-11(20)9-7-10/h6-9,18,25H,2-5H2,1H3,(H,24,26)/t18-/m1/s1. The van der Waals surface area contributed by atoms with Gasteiger partial charge in [0.15, 0.2) is 0 Å².